The summed E-state index contributed by atoms with van der Waals surface area (Å²) in [6.07, 6.45) is 4.81. The third-order valence-electron chi connectivity index (χ3n) is 0.754. The summed E-state index contributed by atoms with van der Waals surface area (Å²) in [6.45, 7) is 8.19. The first kappa shape index (κ1) is 8.54. The lowest BCUT2D eigenvalue weighted by atomic mass is 10.2. The van der Waals surface area contributed by atoms with Crippen LogP contribution >= 0.6 is 0 Å². The molecule has 0 aliphatic rings. The van der Waals surface area contributed by atoms with Gasteiger partial charge in [-0.3, -0.25) is 0 Å². The molecule has 0 aliphatic carbocycles. The van der Waals surface area contributed by atoms with Gasteiger partial charge in [-0.2, -0.15) is 0 Å². The lowest BCUT2D eigenvalue weighted by Crippen LogP contribution is -2.15. The van der Waals surface area contributed by atoms with Crippen LogP contribution in [-0.2, 0) is 4.74 Å². The summed E-state index contributed by atoms with van der Waals surface area (Å²) in [5.41, 5.74) is -0.0360. The highest BCUT2D eigenvalue weighted by Gasteiger charge is 2.06. The van der Waals surface area contributed by atoms with Crippen molar-refractivity contribution in [2.75, 3.05) is 0 Å². The molecular weight excluding hydrogens is 112 g/mol. The van der Waals surface area contributed by atoms with Gasteiger partial charge in [-0.1, -0.05) is 13.0 Å². The molecule has 54 valence electrons. The Labute approximate surface area is 57.7 Å². The maximum absolute atomic E-state index is 5.29. The summed E-state index contributed by atoms with van der Waals surface area (Å²) in [4.78, 5) is 0. The first-order valence-electron chi connectivity index (χ1n) is 3.39. The minimum atomic E-state index is -0.0360. The van der Waals surface area contributed by atoms with Crippen molar-refractivity contribution in [3.05, 3.63) is 12.3 Å². The monoisotopic (exact) mass is 128 g/mol. The van der Waals surface area contributed by atoms with E-state index in [4.69, 9.17) is 4.74 Å². The maximum Gasteiger partial charge on any atom is 0.0998 e. The van der Waals surface area contributed by atoms with Crippen molar-refractivity contribution in [2.45, 2.75) is 39.7 Å². The highest BCUT2D eigenvalue weighted by molar-refractivity contribution is 4.74. The molecule has 0 heterocycles. The second-order valence-electron chi connectivity index (χ2n) is 3.01. The smallest absolute Gasteiger partial charge is 0.0998 e. The van der Waals surface area contributed by atoms with Crippen LogP contribution in [0, 0.1) is 0 Å². The van der Waals surface area contributed by atoms with Crippen LogP contribution < -0.4 is 0 Å². The van der Waals surface area contributed by atoms with Gasteiger partial charge in [-0.05, 0) is 27.2 Å². The third-order valence-corrected chi connectivity index (χ3v) is 0.754. The van der Waals surface area contributed by atoms with E-state index >= 15 is 0 Å². The zero-order valence-corrected chi connectivity index (χ0v) is 6.77. The molecule has 0 bridgehead atoms. The molecule has 1 nitrogen and oxygen atoms in total. The van der Waals surface area contributed by atoms with Gasteiger partial charge in [-0.15, -0.1) is 0 Å². The summed E-state index contributed by atoms with van der Waals surface area (Å²) >= 11 is 0. The van der Waals surface area contributed by atoms with Crippen LogP contribution in [0.2, 0.25) is 0 Å². The quantitative estimate of drug-likeness (QED) is 0.519. The van der Waals surface area contributed by atoms with Gasteiger partial charge in [0.1, 0.15) is 0 Å². The minimum absolute atomic E-state index is 0.0360. The van der Waals surface area contributed by atoms with E-state index in [0.717, 1.165) is 6.42 Å². The molecule has 0 atom stereocenters. The van der Waals surface area contributed by atoms with Gasteiger partial charge in [-0.25, -0.2) is 0 Å². The first-order chi connectivity index (χ1) is 4.06. The summed E-state index contributed by atoms with van der Waals surface area (Å²) in [6, 6.07) is 0. The molecule has 0 unspecified atom stereocenters. The highest BCUT2D eigenvalue weighted by Crippen LogP contribution is 2.06. The van der Waals surface area contributed by atoms with Crippen LogP contribution in [0.5, 0.6) is 0 Å². The number of rotatable bonds is 2. The van der Waals surface area contributed by atoms with E-state index in [1.807, 2.05) is 26.8 Å². The molecule has 0 radical (unpaired) electrons. The van der Waals surface area contributed by atoms with Crippen LogP contribution in [0.1, 0.15) is 34.1 Å². The summed E-state index contributed by atoms with van der Waals surface area (Å²) in [7, 11) is 0. The molecule has 0 amide bonds. The Bertz CT molecular complexity index is 87.2. The van der Waals surface area contributed by atoms with E-state index in [1.54, 1.807) is 6.26 Å². The summed E-state index contributed by atoms with van der Waals surface area (Å²) < 4.78 is 5.29. The lowest BCUT2D eigenvalue weighted by Gasteiger charge is -2.17. The zero-order valence-electron chi connectivity index (χ0n) is 6.77. The van der Waals surface area contributed by atoms with Crippen molar-refractivity contribution in [3.63, 3.8) is 0 Å². The molecular formula is C8H16O. The fourth-order valence-corrected chi connectivity index (χ4v) is 0.348. The zero-order chi connectivity index (χ0) is 7.33. The fourth-order valence-electron chi connectivity index (χ4n) is 0.348. The van der Waals surface area contributed by atoms with E-state index in [9.17, 15) is 0 Å². The molecule has 9 heavy (non-hydrogen) atoms. The number of hydrogen-bond donors (Lipinski definition) is 0. The maximum atomic E-state index is 5.29. The fraction of sp³-hybridized carbons (Fsp3) is 0.750. The lowest BCUT2D eigenvalue weighted by molar-refractivity contribution is 0.0762. The van der Waals surface area contributed by atoms with Crippen molar-refractivity contribution in [1.29, 1.82) is 0 Å². The average Bonchev–Trinajstić information content (AvgIpc) is 1.63. The topological polar surface area (TPSA) is 9.23 Å². The Morgan fingerprint density at radius 1 is 1.33 bits per heavy atom. The van der Waals surface area contributed by atoms with Crippen LogP contribution in [0.4, 0.5) is 0 Å². The Morgan fingerprint density at radius 2 is 1.89 bits per heavy atom. The molecule has 0 N–H and O–H groups in total. The number of hydrogen-bond acceptors (Lipinski definition) is 1. The number of ether oxygens (including phenoxy) is 1. The van der Waals surface area contributed by atoms with Crippen molar-refractivity contribution in [2.24, 2.45) is 0 Å². The normalized spacial score (nSPS) is 12.4. The van der Waals surface area contributed by atoms with Crippen molar-refractivity contribution in [3.8, 4) is 0 Å². The SMILES string of the molecule is CC/C=C\OC(C)(C)C. The van der Waals surface area contributed by atoms with E-state index in [0.29, 0.717) is 0 Å². The molecule has 0 fully saturated rings. The molecule has 0 aromatic heterocycles. The molecule has 0 saturated heterocycles. The predicted molar refractivity (Wildman–Crippen MR) is 40.3 cm³/mol. The predicted octanol–water partition coefficient (Wildman–Crippen LogP) is 2.73. The Morgan fingerprint density at radius 3 is 2.22 bits per heavy atom. The first-order valence-corrected chi connectivity index (χ1v) is 3.39. The molecule has 0 saturated carbocycles. The van der Waals surface area contributed by atoms with E-state index in [1.165, 1.54) is 0 Å². The Balaban J connectivity index is 3.38. The second kappa shape index (κ2) is 3.54. The molecule has 0 spiro atoms. The largest absolute Gasteiger partial charge is 0.496 e. The van der Waals surface area contributed by atoms with Gasteiger partial charge in [0, 0.05) is 0 Å². The third kappa shape index (κ3) is 7.54. The van der Waals surface area contributed by atoms with Crippen LogP contribution in [0.3, 0.4) is 0 Å². The Hall–Kier alpha value is -0.460. The minimum Gasteiger partial charge on any atom is -0.496 e. The van der Waals surface area contributed by atoms with E-state index in [2.05, 4.69) is 6.92 Å². The highest BCUT2D eigenvalue weighted by atomic mass is 16.5. The average molecular weight is 128 g/mol. The van der Waals surface area contributed by atoms with Crippen molar-refractivity contribution in [1.82, 2.24) is 0 Å². The summed E-state index contributed by atoms with van der Waals surface area (Å²) in [5.74, 6) is 0. The van der Waals surface area contributed by atoms with Gasteiger partial charge in [0.25, 0.3) is 0 Å². The van der Waals surface area contributed by atoms with E-state index in [-0.39, 0.29) is 5.60 Å². The molecule has 0 rings (SSSR count). The molecule has 0 aromatic carbocycles. The molecule has 0 aliphatic heterocycles. The van der Waals surface area contributed by atoms with Crippen LogP contribution in [0.15, 0.2) is 12.3 Å². The van der Waals surface area contributed by atoms with Gasteiger partial charge in [0.15, 0.2) is 0 Å². The standard InChI is InChI=1S/C8H16O/c1-5-6-7-9-8(2,3)4/h6-7H,5H2,1-4H3/b7-6-. The number of allylic oxidation sites excluding steroid dienone is 1. The second-order valence-corrected chi connectivity index (χ2v) is 3.01. The van der Waals surface area contributed by atoms with Gasteiger partial charge in [0.2, 0.25) is 0 Å². The molecule has 0 aromatic rings. The van der Waals surface area contributed by atoms with Crippen LogP contribution in [0.25, 0.3) is 0 Å². The van der Waals surface area contributed by atoms with Gasteiger partial charge < -0.3 is 4.74 Å². The van der Waals surface area contributed by atoms with Gasteiger partial charge in [0.05, 0.1) is 11.9 Å². The Kier molecular flexibility index (Phi) is 3.36. The molecule has 1 heteroatoms. The van der Waals surface area contributed by atoms with Crippen molar-refractivity contribution < 1.29 is 4.74 Å². The summed E-state index contributed by atoms with van der Waals surface area (Å²) in [5, 5.41) is 0. The van der Waals surface area contributed by atoms with Crippen molar-refractivity contribution >= 4 is 0 Å². The van der Waals surface area contributed by atoms with Crippen LogP contribution in [-0.4, -0.2) is 5.60 Å². The van der Waals surface area contributed by atoms with Gasteiger partial charge >= 0.3 is 0 Å². The van der Waals surface area contributed by atoms with E-state index < -0.39 is 0 Å².